The fraction of sp³-hybridized carbons (Fsp3) is 0.857. The number of nitrogens with zero attached hydrogens (tertiary/aromatic N) is 2. The number of hydrogen-bond acceptors (Lipinski definition) is 3. The number of likely N-dealkylation sites (N-methyl/N-ethyl adjacent to an activating group) is 2. The Bertz CT molecular complexity index is 345. The maximum absolute atomic E-state index is 12.3. The molecule has 20 heavy (non-hydrogen) atoms. The van der Waals surface area contributed by atoms with Crippen molar-refractivity contribution in [1.82, 2.24) is 15.1 Å². The van der Waals surface area contributed by atoms with E-state index < -0.39 is 0 Å². The summed E-state index contributed by atoms with van der Waals surface area (Å²) in [5.74, 6) is 0.159. The van der Waals surface area contributed by atoms with Crippen LogP contribution in [-0.2, 0) is 9.59 Å². The highest BCUT2D eigenvalue weighted by Gasteiger charge is 2.39. The van der Waals surface area contributed by atoms with Gasteiger partial charge in [-0.15, -0.1) is 12.4 Å². The van der Waals surface area contributed by atoms with Crippen molar-refractivity contribution in [1.29, 1.82) is 0 Å². The zero-order valence-corrected chi connectivity index (χ0v) is 13.2. The molecule has 1 saturated heterocycles. The molecule has 1 atom stereocenters. The van der Waals surface area contributed by atoms with Gasteiger partial charge in [-0.25, -0.2) is 0 Å². The van der Waals surface area contributed by atoms with Crippen molar-refractivity contribution in [3.63, 3.8) is 0 Å². The molecule has 1 unspecified atom stereocenters. The largest absolute Gasteiger partial charge is 0.344 e. The second kappa shape index (κ2) is 7.84. The molecule has 2 amide bonds. The maximum Gasteiger partial charge on any atom is 0.227 e. The van der Waals surface area contributed by atoms with Gasteiger partial charge in [0.05, 0.1) is 5.92 Å². The van der Waals surface area contributed by atoms with Gasteiger partial charge in [-0.3, -0.25) is 9.59 Å². The lowest BCUT2D eigenvalue weighted by atomic mass is 10.1. The summed E-state index contributed by atoms with van der Waals surface area (Å²) in [6, 6.07) is 0.396. The average Bonchev–Trinajstić information content (AvgIpc) is 3.03. The molecule has 0 aromatic carbocycles. The predicted octanol–water partition coefficient (Wildman–Crippen LogP) is 0.877. The quantitative estimate of drug-likeness (QED) is 0.820. The molecule has 2 aliphatic rings. The Labute approximate surface area is 127 Å². The van der Waals surface area contributed by atoms with E-state index in [4.69, 9.17) is 0 Å². The lowest BCUT2D eigenvalue weighted by molar-refractivity contribution is -0.134. The smallest absolute Gasteiger partial charge is 0.227 e. The van der Waals surface area contributed by atoms with E-state index in [1.165, 1.54) is 12.8 Å². The lowest BCUT2D eigenvalue weighted by Gasteiger charge is -2.25. The maximum atomic E-state index is 12.3. The number of carbonyl (C=O) groups is 2. The normalized spacial score (nSPS) is 23.0. The summed E-state index contributed by atoms with van der Waals surface area (Å²) < 4.78 is 0. The van der Waals surface area contributed by atoms with Gasteiger partial charge in [0, 0.05) is 39.1 Å². The number of carbonyl (C=O) groups excluding carboxylic acids is 2. The van der Waals surface area contributed by atoms with Crippen molar-refractivity contribution in [3.05, 3.63) is 0 Å². The number of halogens is 1. The molecule has 0 spiro atoms. The Balaban J connectivity index is 0.00000200. The van der Waals surface area contributed by atoms with Crippen molar-refractivity contribution in [2.24, 2.45) is 5.92 Å². The van der Waals surface area contributed by atoms with E-state index in [1.54, 1.807) is 4.90 Å². The molecule has 0 aromatic heterocycles. The van der Waals surface area contributed by atoms with E-state index in [9.17, 15) is 9.59 Å². The second-order valence-electron chi connectivity index (χ2n) is 5.75. The van der Waals surface area contributed by atoms with Crippen molar-refractivity contribution < 1.29 is 9.59 Å². The molecule has 1 aliphatic heterocycles. The van der Waals surface area contributed by atoms with Crippen LogP contribution in [0, 0.1) is 5.92 Å². The summed E-state index contributed by atoms with van der Waals surface area (Å²) >= 11 is 0. The summed E-state index contributed by atoms with van der Waals surface area (Å²) in [6.45, 7) is 2.12. The average molecular weight is 304 g/mol. The van der Waals surface area contributed by atoms with Gasteiger partial charge in [0.1, 0.15) is 0 Å². The van der Waals surface area contributed by atoms with E-state index in [2.05, 4.69) is 5.32 Å². The van der Waals surface area contributed by atoms with Gasteiger partial charge in [-0.1, -0.05) is 12.8 Å². The van der Waals surface area contributed by atoms with E-state index >= 15 is 0 Å². The number of rotatable bonds is 5. The van der Waals surface area contributed by atoms with Crippen LogP contribution in [0.4, 0.5) is 0 Å². The van der Waals surface area contributed by atoms with Crippen LogP contribution in [0.3, 0.4) is 0 Å². The van der Waals surface area contributed by atoms with E-state index in [0.29, 0.717) is 25.6 Å². The number of likely N-dealkylation sites (tertiary alicyclic amines) is 1. The highest BCUT2D eigenvalue weighted by atomic mass is 35.5. The molecule has 116 valence electrons. The third kappa shape index (κ3) is 3.85. The molecule has 0 radical (unpaired) electrons. The first-order valence-corrected chi connectivity index (χ1v) is 7.32. The van der Waals surface area contributed by atoms with E-state index in [0.717, 1.165) is 19.4 Å². The van der Waals surface area contributed by atoms with Crippen LogP contribution in [0.5, 0.6) is 0 Å². The van der Waals surface area contributed by atoms with Crippen LogP contribution >= 0.6 is 12.4 Å². The third-order valence-electron chi connectivity index (χ3n) is 4.35. The molecular weight excluding hydrogens is 278 g/mol. The summed E-state index contributed by atoms with van der Waals surface area (Å²) in [7, 11) is 3.70. The summed E-state index contributed by atoms with van der Waals surface area (Å²) in [5, 5.41) is 3.04. The van der Waals surface area contributed by atoms with Crippen molar-refractivity contribution in [2.75, 3.05) is 33.7 Å². The highest BCUT2D eigenvalue weighted by molar-refractivity contribution is 5.89. The number of amides is 2. The zero-order chi connectivity index (χ0) is 13.8. The molecule has 0 bridgehead atoms. The number of hydrogen-bond donors (Lipinski definition) is 1. The van der Waals surface area contributed by atoms with Crippen molar-refractivity contribution in [3.8, 4) is 0 Å². The predicted molar refractivity (Wildman–Crippen MR) is 80.9 cm³/mol. The summed E-state index contributed by atoms with van der Waals surface area (Å²) in [5.41, 5.74) is 0. The molecule has 1 heterocycles. The summed E-state index contributed by atoms with van der Waals surface area (Å²) in [4.78, 5) is 28.0. The Hall–Kier alpha value is -0.810. The Morgan fingerprint density at radius 2 is 2.05 bits per heavy atom. The molecule has 1 N–H and O–H groups in total. The molecule has 1 saturated carbocycles. The molecule has 5 nitrogen and oxygen atoms in total. The minimum atomic E-state index is -0.130. The zero-order valence-electron chi connectivity index (χ0n) is 12.4. The second-order valence-corrected chi connectivity index (χ2v) is 5.75. The Morgan fingerprint density at radius 1 is 1.40 bits per heavy atom. The monoisotopic (exact) mass is 303 g/mol. The van der Waals surface area contributed by atoms with Gasteiger partial charge in [0.25, 0.3) is 0 Å². The summed E-state index contributed by atoms with van der Waals surface area (Å²) in [6.07, 6.45) is 5.06. The highest BCUT2D eigenvalue weighted by Crippen LogP contribution is 2.29. The van der Waals surface area contributed by atoms with Crippen LogP contribution < -0.4 is 5.32 Å². The van der Waals surface area contributed by atoms with Gasteiger partial charge < -0.3 is 15.1 Å². The standard InChI is InChI=1S/C14H25N3O2.ClH/c1-15-7-8-16(2)14(19)11-9-13(18)17(10-11)12-5-3-4-6-12;/h11-12,15H,3-10H2,1-2H3;1H. The topological polar surface area (TPSA) is 52.7 Å². The minimum Gasteiger partial charge on any atom is -0.344 e. The first-order valence-electron chi connectivity index (χ1n) is 7.32. The van der Waals surface area contributed by atoms with Gasteiger partial charge >= 0.3 is 0 Å². The minimum absolute atomic E-state index is 0. The van der Waals surface area contributed by atoms with Crippen molar-refractivity contribution in [2.45, 2.75) is 38.1 Å². The van der Waals surface area contributed by atoms with Gasteiger partial charge in [-0.2, -0.15) is 0 Å². The molecule has 1 aliphatic carbocycles. The number of nitrogens with one attached hydrogen (secondary N) is 1. The van der Waals surface area contributed by atoms with Crippen LogP contribution in [0.1, 0.15) is 32.1 Å². The molecule has 0 aromatic rings. The first-order chi connectivity index (χ1) is 9.13. The van der Waals surface area contributed by atoms with Crippen LogP contribution in [0.25, 0.3) is 0 Å². The Kier molecular flexibility index (Phi) is 6.76. The molecule has 2 fully saturated rings. The fourth-order valence-electron chi connectivity index (χ4n) is 3.17. The van der Waals surface area contributed by atoms with E-state index in [-0.39, 0.29) is 30.1 Å². The van der Waals surface area contributed by atoms with Crippen LogP contribution in [-0.4, -0.2) is 61.4 Å². The fourth-order valence-corrected chi connectivity index (χ4v) is 3.17. The molecule has 6 heteroatoms. The SMILES string of the molecule is CNCCN(C)C(=O)C1CC(=O)N(C2CCCC2)C1.Cl. The Morgan fingerprint density at radius 3 is 2.65 bits per heavy atom. The molecule has 2 rings (SSSR count). The van der Waals surface area contributed by atoms with Gasteiger partial charge in [0.15, 0.2) is 0 Å². The van der Waals surface area contributed by atoms with Gasteiger partial charge in [-0.05, 0) is 19.9 Å². The lowest BCUT2D eigenvalue weighted by Crippen LogP contribution is -2.39. The van der Waals surface area contributed by atoms with Crippen LogP contribution in [0.15, 0.2) is 0 Å². The first kappa shape index (κ1) is 17.2. The van der Waals surface area contributed by atoms with Gasteiger partial charge in [0.2, 0.25) is 11.8 Å². The van der Waals surface area contributed by atoms with E-state index in [1.807, 2.05) is 19.0 Å². The third-order valence-corrected chi connectivity index (χ3v) is 4.35. The molecular formula is C14H26ClN3O2. The van der Waals surface area contributed by atoms with Crippen molar-refractivity contribution >= 4 is 24.2 Å². The van der Waals surface area contributed by atoms with Crippen LogP contribution in [0.2, 0.25) is 0 Å².